The lowest BCUT2D eigenvalue weighted by atomic mass is 9.87. The second-order valence-corrected chi connectivity index (χ2v) is 9.54. The van der Waals surface area contributed by atoms with Crippen molar-refractivity contribution in [2.75, 3.05) is 31.1 Å². The highest BCUT2D eigenvalue weighted by molar-refractivity contribution is 6.24. The van der Waals surface area contributed by atoms with Crippen molar-refractivity contribution in [3.05, 3.63) is 54.7 Å². The van der Waals surface area contributed by atoms with Crippen molar-refractivity contribution in [1.82, 2.24) is 29.7 Å². The Morgan fingerprint density at radius 2 is 1.94 bits per heavy atom. The van der Waals surface area contributed by atoms with Gasteiger partial charge in [0.1, 0.15) is 11.9 Å². The van der Waals surface area contributed by atoms with E-state index in [1.807, 2.05) is 31.8 Å². The van der Waals surface area contributed by atoms with E-state index < -0.39 is 0 Å². The SMILES string of the molecule is ClOCl.Cn1cc(-c2cc(-c3ccc(N4CCC5(CCNC5)C4)nc3)c3c(C#N)cnn3c2)cn1. The topological polar surface area (TPSA) is 96.3 Å². The Kier molecular flexibility index (Phi) is 6.62. The van der Waals surface area contributed by atoms with E-state index in [0.717, 1.165) is 59.8 Å². The molecule has 0 aliphatic carbocycles. The molecule has 0 radical (unpaired) electrons. The number of halogens is 2. The molecule has 9 nitrogen and oxygen atoms in total. The van der Waals surface area contributed by atoms with Gasteiger partial charge in [-0.15, -0.1) is 0 Å². The monoisotopic (exact) mass is 510 g/mol. The summed E-state index contributed by atoms with van der Waals surface area (Å²) < 4.78 is 6.75. The average Bonchev–Trinajstić information content (AvgIpc) is 3.67. The number of pyridine rings is 2. The van der Waals surface area contributed by atoms with Crippen LogP contribution in [0.25, 0.3) is 27.8 Å². The maximum absolute atomic E-state index is 9.63. The zero-order chi connectivity index (χ0) is 24.4. The van der Waals surface area contributed by atoms with Gasteiger partial charge in [-0.1, -0.05) is 0 Å². The molecule has 2 aliphatic rings. The van der Waals surface area contributed by atoms with E-state index in [2.05, 4.69) is 72.3 Å². The fourth-order valence-corrected chi connectivity index (χ4v) is 5.16. The molecule has 11 heteroatoms. The molecule has 6 heterocycles. The van der Waals surface area contributed by atoms with E-state index in [0.29, 0.717) is 11.0 Å². The average molecular weight is 511 g/mol. The molecule has 2 aliphatic heterocycles. The van der Waals surface area contributed by atoms with Gasteiger partial charge in [0, 0.05) is 72.9 Å². The van der Waals surface area contributed by atoms with Crippen LogP contribution in [0, 0.1) is 16.7 Å². The number of hydrogen-bond donors (Lipinski definition) is 1. The van der Waals surface area contributed by atoms with E-state index in [1.54, 1.807) is 15.4 Å². The number of fused-ring (bicyclic) bond motifs is 1. The molecule has 6 rings (SSSR count). The first kappa shape index (κ1) is 23.6. The molecular formula is C24H24Cl2N8O. The summed E-state index contributed by atoms with van der Waals surface area (Å²) in [7, 11) is 1.90. The maximum Gasteiger partial charge on any atom is 0.128 e. The Balaban J connectivity index is 0.000000806. The van der Waals surface area contributed by atoms with Crippen LogP contribution >= 0.6 is 23.7 Å². The first-order valence-electron chi connectivity index (χ1n) is 11.3. The van der Waals surface area contributed by atoms with Gasteiger partial charge < -0.3 is 10.2 Å². The number of nitrogens with one attached hydrogen (secondary N) is 1. The lowest BCUT2D eigenvalue weighted by molar-refractivity contribution is 0.369. The molecule has 1 spiro atoms. The van der Waals surface area contributed by atoms with Gasteiger partial charge in [0.25, 0.3) is 0 Å². The first-order chi connectivity index (χ1) is 17.1. The van der Waals surface area contributed by atoms with Gasteiger partial charge in [-0.2, -0.15) is 19.3 Å². The fraction of sp³-hybridized carbons (Fsp3) is 0.333. The summed E-state index contributed by atoms with van der Waals surface area (Å²) in [6, 6.07) is 8.58. The molecule has 4 aromatic rings. The molecule has 0 saturated carbocycles. The van der Waals surface area contributed by atoms with E-state index in [4.69, 9.17) is 4.98 Å². The number of rotatable bonds is 3. The summed E-state index contributed by atoms with van der Waals surface area (Å²) in [6.45, 7) is 4.35. The number of nitrogens with zero attached hydrogens (tertiary/aromatic N) is 7. The predicted octanol–water partition coefficient (Wildman–Crippen LogP) is 4.17. The number of aryl methyl sites for hydroxylation is 1. The summed E-state index contributed by atoms with van der Waals surface area (Å²) in [5.41, 5.74) is 5.66. The van der Waals surface area contributed by atoms with Gasteiger partial charge >= 0.3 is 0 Å². The third-order valence-corrected chi connectivity index (χ3v) is 6.92. The Morgan fingerprint density at radius 1 is 1.09 bits per heavy atom. The number of anilines is 1. The minimum Gasteiger partial charge on any atom is -0.356 e. The van der Waals surface area contributed by atoms with Crippen molar-refractivity contribution < 1.29 is 3.84 Å². The molecule has 35 heavy (non-hydrogen) atoms. The quantitative estimate of drug-likeness (QED) is 0.441. The van der Waals surface area contributed by atoms with Crippen LogP contribution in [0.3, 0.4) is 0 Å². The minimum atomic E-state index is 0.407. The first-order valence-corrected chi connectivity index (χ1v) is 11.9. The third kappa shape index (κ3) is 4.58. The zero-order valence-electron chi connectivity index (χ0n) is 19.2. The molecule has 4 aromatic heterocycles. The lowest BCUT2D eigenvalue weighted by Crippen LogP contribution is -2.29. The Bertz CT molecular complexity index is 1370. The summed E-state index contributed by atoms with van der Waals surface area (Å²) in [5.74, 6) is 1.02. The van der Waals surface area contributed by atoms with Crippen molar-refractivity contribution in [1.29, 1.82) is 5.26 Å². The molecule has 0 bridgehead atoms. The van der Waals surface area contributed by atoms with Crippen LogP contribution in [0.2, 0.25) is 0 Å². The summed E-state index contributed by atoms with van der Waals surface area (Å²) >= 11 is 8.53. The molecule has 2 saturated heterocycles. The highest BCUT2D eigenvalue weighted by Crippen LogP contribution is 2.38. The second kappa shape index (κ2) is 9.84. The predicted molar refractivity (Wildman–Crippen MR) is 135 cm³/mol. The molecule has 2 fully saturated rings. The van der Waals surface area contributed by atoms with E-state index in [1.165, 1.54) is 12.8 Å². The van der Waals surface area contributed by atoms with E-state index in [9.17, 15) is 5.26 Å². The molecule has 1 atom stereocenters. The smallest absolute Gasteiger partial charge is 0.128 e. The van der Waals surface area contributed by atoms with Gasteiger partial charge in [-0.3, -0.25) is 4.68 Å². The van der Waals surface area contributed by atoms with Crippen LogP contribution in [0.15, 0.2) is 49.2 Å². The molecule has 0 amide bonds. The Labute approximate surface area is 213 Å². The van der Waals surface area contributed by atoms with Crippen molar-refractivity contribution in [2.45, 2.75) is 12.8 Å². The standard InChI is InChI=1S/C24H24N8.Cl2O/c1-30-13-20(12-28-30)18-8-21(23-19(9-25)11-29-32(23)14-18)17-2-3-22(27-10-17)31-7-5-24(16-31)4-6-26-15-24;1-3-2/h2-3,8,10-14,26H,4-7,15-16H2,1H3;. The summed E-state index contributed by atoms with van der Waals surface area (Å²) in [6.07, 6.45) is 11.8. The Hall–Kier alpha value is -3.16. The molecule has 0 aromatic carbocycles. The molecule has 1 N–H and O–H groups in total. The van der Waals surface area contributed by atoms with Gasteiger partial charge in [0.2, 0.25) is 0 Å². The van der Waals surface area contributed by atoms with Crippen LogP contribution in [0.1, 0.15) is 18.4 Å². The van der Waals surface area contributed by atoms with Gasteiger partial charge in [0.15, 0.2) is 0 Å². The maximum atomic E-state index is 9.63. The summed E-state index contributed by atoms with van der Waals surface area (Å²) in [5, 5.41) is 21.9. The van der Waals surface area contributed by atoms with Crippen LogP contribution in [-0.2, 0) is 10.9 Å². The van der Waals surface area contributed by atoms with Crippen LogP contribution in [0.5, 0.6) is 0 Å². The molecule has 1 unspecified atom stereocenters. The fourth-order valence-electron chi connectivity index (χ4n) is 5.16. The third-order valence-electron chi connectivity index (χ3n) is 6.92. The zero-order valence-corrected chi connectivity index (χ0v) is 20.7. The van der Waals surface area contributed by atoms with Gasteiger partial charge in [-0.25, -0.2) is 9.50 Å². The van der Waals surface area contributed by atoms with Gasteiger partial charge in [-0.05, 0) is 37.6 Å². The van der Waals surface area contributed by atoms with E-state index >= 15 is 0 Å². The van der Waals surface area contributed by atoms with Gasteiger partial charge in [0.05, 0.1) is 47.2 Å². The van der Waals surface area contributed by atoms with Crippen LogP contribution in [0.4, 0.5) is 5.82 Å². The largest absolute Gasteiger partial charge is 0.356 e. The number of nitriles is 1. The highest BCUT2D eigenvalue weighted by atomic mass is 35.6. The van der Waals surface area contributed by atoms with E-state index in [-0.39, 0.29) is 0 Å². The van der Waals surface area contributed by atoms with Crippen molar-refractivity contribution in [3.8, 4) is 28.3 Å². The minimum absolute atomic E-state index is 0.407. The second-order valence-electron chi connectivity index (χ2n) is 9.07. The number of aromatic nitrogens is 5. The van der Waals surface area contributed by atoms with Crippen molar-refractivity contribution in [3.63, 3.8) is 0 Å². The lowest BCUT2D eigenvalue weighted by Gasteiger charge is -2.23. The normalized spacial score (nSPS) is 19.2. The number of hydrogen-bond acceptors (Lipinski definition) is 7. The van der Waals surface area contributed by atoms with Crippen LogP contribution < -0.4 is 10.2 Å². The van der Waals surface area contributed by atoms with Crippen LogP contribution in [-0.4, -0.2) is 50.6 Å². The molecular weight excluding hydrogens is 487 g/mol. The summed E-state index contributed by atoms with van der Waals surface area (Å²) in [4.78, 5) is 7.22. The van der Waals surface area contributed by atoms with Crippen molar-refractivity contribution in [2.24, 2.45) is 12.5 Å². The highest BCUT2D eigenvalue weighted by Gasteiger charge is 2.40. The Morgan fingerprint density at radius 3 is 2.60 bits per heavy atom. The van der Waals surface area contributed by atoms with Crippen molar-refractivity contribution >= 4 is 35.1 Å². The molecule has 180 valence electrons.